The summed E-state index contributed by atoms with van der Waals surface area (Å²) in [5.74, 6) is -2.08. The van der Waals surface area contributed by atoms with Gasteiger partial charge in [-0.05, 0) is 43.2 Å². The molecule has 1 aromatic heterocycles. The highest BCUT2D eigenvalue weighted by Crippen LogP contribution is 2.22. The molecule has 2 aromatic rings. The van der Waals surface area contributed by atoms with Crippen molar-refractivity contribution in [3.8, 4) is 0 Å². The van der Waals surface area contributed by atoms with Crippen LogP contribution in [0.4, 0.5) is 11.4 Å². The van der Waals surface area contributed by atoms with E-state index in [1.807, 2.05) is 0 Å². The lowest BCUT2D eigenvalue weighted by molar-refractivity contribution is -0.156. The van der Waals surface area contributed by atoms with Gasteiger partial charge in [0.2, 0.25) is 6.29 Å². The average Bonchev–Trinajstić information content (AvgIpc) is 3.11. The molecule has 0 aliphatic carbocycles. The van der Waals surface area contributed by atoms with E-state index >= 15 is 0 Å². The Hall–Kier alpha value is -3.50. The number of pyridine rings is 1. The molecule has 3 rings (SSSR count). The molecule has 1 aliphatic heterocycles. The van der Waals surface area contributed by atoms with Gasteiger partial charge in [0.15, 0.2) is 0 Å². The summed E-state index contributed by atoms with van der Waals surface area (Å²) in [4.78, 5) is 54.6. The molecular formula is C23H25ClN4O6. The molecule has 1 saturated heterocycles. The van der Waals surface area contributed by atoms with Gasteiger partial charge in [-0.15, -0.1) is 0 Å². The van der Waals surface area contributed by atoms with E-state index in [4.69, 9.17) is 26.8 Å². The minimum absolute atomic E-state index is 0.0295. The molecule has 2 atom stereocenters. The van der Waals surface area contributed by atoms with Crippen LogP contribution in [0.1, 0.15) is 43.6 Å². The van der Waals surface area contributed by atoms with Gasteiger partial charge in [0.1, 0.15) is 17.4 Å². The van der Waals surface area contributed by atoms with Crippen molar-refractivity contribution in [2.45, 2.75) is 39.5 Å². The zero-order chi connectivity index (χ0) is 25.0. The van der Waals surface area contributed by atoms with E-state index in [0.717, 1.165) is 0 Å². The van der Waals surface area contributed by atoms with Gasteiger partial charge >= 0.3 is 5.97 Å². The van der Waals surface area contributed by atoms with Crippen LogP contribution in [0.3, 0.4) is 0 Å². The molecule has 34 heavy (non-hydrogen) atoms. The van der Waals surface area contributed by atoms with E-state index in [2.05, 4.69) is 10.3 Å². The number of halogens is 1. The van der Waals surface area contributed by atoms with E-state index < -0.39 is 35.7 Å². The quantitative estimate of drug-likeness (QED) is 0.450. The zero-order valence-corrected chi connectivity index (χ0v) is 19.7. The van der Waals surface area contributed by atoms with E-state index in [-0.39, 0.29) is 40.9 Å². The van der Waals surface area contributed by atoms with Crippen molar-refractivity contribution in [2.75, 3.05) is 17.7 Å². The van der Waals surface area contributed by atoms with Gasteiger partial charge in [-0.3, -0.25) is 19.2 Å². The van der Waals surface area contributed by atoms with Crippen LogP contribution in [-0.4, -0.2) is 41.0 Å². The van der Waals surface area contributed by atoms with Crippen molar-refractivity contribution < 1.29 is 23.9 Å². The molecule has 2 heterocycles. The van der Waals surface area contributed by atoms with Gasteiger partial charge in [0, 0.05) is 18.4 Å². The summed E-state index contributed by atoms with van der Waals surface area (Å²) in [5.41, 5.74) is 5.74. The number of rotatable bonds is 7. The molecule has 180 valence electrons. The largest absolute Gasteiger partial charge is 0.430 e. The van der Waals surface area contributed by atoms with Crippen molar-refractivity contribution in [3.05, 3.63) is 57.5 Å². The van der Waals surface area contributed by atoms with Crippen LogP contribution in [0.5, 0.6) is 0 Å². The van der Waals surface area contributed by atoms with Crippen LogP contribution in [0, 0.1) is 5.92 Å². The molecule has 1 aromatic carbocycles. The lowest BCUT2D eigenvalue weighted by Crippen LogP contribution is -2.34. The molecule has 0 unspecified atom stereocenters. The monoisotopic (exact) mass is 488 g/mol. The predicted molar refractivity (Wildman–Crippen MR) is 127 cm³/mol. The number of aromatic nitrogens is 1. The molecular weight excluding hydrogens is 464 g/mol. The van der Waals surface area contributed by atoms with E-state index in [1.165, 1.54) is 41.1 Å². The van der Waals surface area contributed by atoms with Crippen molar-refractivity contribution in [1.82, 2.24) is 4.57 Å². The summed E-state index contributed by atoms with van der Waals surface area (Å²) < 4.78 is 11.6. The highest BCUT2D eigenvalue weighted by molar-refractivity contribution is 6.33. The Labute approximate surface area is 200 Å². The lowest BCUT2D eigenvalue weighted by atomic mass is 10.0. The first-order valence-corrected chi connectivity index (χ1v) is 11.0. The SMILES string of the molecule is CCO[C@H]1OC(=O)CC1=NC(=O)[C@@H](C(C)C)n1cccc(NC(=O)c2ccc(N)c(Cl)c2)c1=O. The zero-order valence-electron chi connectivity index (χ0n) is 18.9. The number of nitrogen functional groups attached to an aromatic ring is 1. The number of ether oxygens (including phenoxy) is 2. The van der Waals surface area contributed by atoms with Crippen molar-refractivity contribution >= 4 is 46.5 Å². The van der Waals surface area contributed by atoms with Gasteiger partial charge in [0.05, 0.1) is 17.1 Å². The number of anilines is 2. The molecule has 0 radical (unpaired) electrons. The summed E-state index contributed by atoms with van der Waals surface area (Å²) in [7, 11) is 0. The number of nitrogens with zero attached hydrogens (tertiary/aromatic N) is 2. The maximum absolute atomic E-state index is 13.2. The molecule has 3 N–H and O–H groups in total. The fourth-order valence-corrected chi connectivity index (χ4v) is 3.63. The summed E-state index contributed by atoms with van der Waals surface area (Å²) in [6.45, 7) is 5.50. The minimum atomic E-state index is -1.02. The van der Waals surface area contributed by atoms with Gasteiger partial charge < -0.3 is 25.1 Å². The Bertz CT molecular complexity index is 1210. The van der Waals surface area contributed by atoms with Crippen molar-refractivity contribution in [2.24, 2.45) is 10.9 Å². The van der Waals surface area contributed by atoms with Crippen molar-refractivity contribution in [1.29, 1.82) is 0 Å². The highest BCUT2D eigenvalue weighted by atomic mass is 35.5. The molecule has 0 saturated carbocycles. The molecule has 10 nitrogen and oxygen atoms in total. The van der Waals surface area contributed by atoms with Gasteiger partial charge in [-0.1, -0.05) is 25.4 Å². The number of nitrogens with two attached hydrogens (primary N) is 1. The second kappa shape index (κ2) is 10.6. The second-order valence-electron chi connectivity index (χ2n) is 7.91. The fraction of sp³-hybridized carbons (Fsp3) is 0.348. The maximum Gasteiger partial charge on any atom is 0.314 e. The molecule has 1 aliphatic rings. The third-order valence-corrected chi connectivity index (χ3v) is 5.40. The number of esters is 1. The Morgan fingerprint density at radius 3 is 2.71 bits per heavy atom. The van der Waals surface area contributed by atoms with Gasteiger partial charge in [-0.2, -0.15) is 0 Å². The molecule has 11 heteroatoms. The Balaban J connectivity index is 1.90. The number of carbonyl (C=O) groups excluding carboxylic acids is 3. The smallest absolute Gasteiger partial charge is 0.314 e. The lowest BCUT2D eigenvalue weighted by Gasteiger charge is -2.21. The average molecular weight is 489 g/mol. The van der Waals surface area contributed by atoms with Crippen LogP contribution in [0.2, 0.25) is 5.02 Å². The predicted octanol–water partition coefficient (Wildman–Crippen LogP) is 2.81. The highest BCUT2D eigenvalue weighted by Gasteiger charge is 2.34. The number of hydrogen-bond acceptors (Lipinski definition) is 7. The van der Waals surface area contributed by atoms with Crippen LogP contribution in [-0.2, 0) is 19.1 Å². The summed E-state index contributed by atoms with van der Waals surface area (Å²) in [6, 6.07) is 6.34. The normalized spacial score (nSPS) is 17.6. The van der Waals surface area contributed by atoms with Crippen molar-refractivity contribution in [3.63, 3.8) is 0 Å². The number of amides is 2. The van der Waals surface area contributed by atoms with Gasteiger partial charge in [0.25, 0.3) is 17.4 Å². The Morgan fingerprint density at radius 2 is 2.06 bits per heavy atom. The number of cyclic esters (lactones) is 1. The third kappa shape index (κ3) is 5.52. The first kappa shape index (κ1) is 25.1. The summed E-state index contributed by atoms with van der Waals surface area (Å²) in [5, 5.41) is 2.76. The topological polar surface area (TPSA) is 142 Å². The number of benzene rings is 1. The van der Waals surface area contributed by atoms with Crippen LogP contribution in [0.15, 0.2) is 46.3 Å². The first-order chi connectivity index (χ1) is 16.1. The standard InChI is InChI=1S/C23H25ClN4O6/c1-4-33-23-17(11-18(29)34-23)27-21(31)19(12(2)3)28-9-5-6-16(22(28)32)26-20(30)13-7-8-15(25)14(24)10-13/h5-10,12,19,23H,4,11,25H2,1-3H3,(H,26,30)/t19-,23+/m1/s1. The van der Waals surface area contributed by atoms with Gasteiger partial charge in [-0.25, -0.2) is 4.99 Å². The van der Waals surface area contributed by atoms with Crippen LogP contribution in [0.25, 0.3) is 0 Å². The fourth-order valence-electron chi connectivity index (χ4n) is 3.45. The third-order valence-electron chi connectivity index (χ3n) is 5.08. The van der Waals surface area contributed by atoms with Crippen LogP contribution >= 0.6 is 11.6 Å². The molecule has 0 bridgehead atoms. The number of hydrogen-bond donors (Lipinski definition) is 2. The summed E-state index contributed by atoms with van der Waals surface area (Å²) >= 11 is 5.98. The Morgan fingerprint density at radius 1 is 1.32 bits per heavy atom. The Kier molecular flexibility index (Phi) is 7.85. The van der Waals surface area contributed by atoms with Crippen LogP contribution < -0.4 is 16.6 Å². The second-order valence-corrected chi connectivity index (χ2v) is 8.32. The van der Waals surface area contributed by atoms with E-state index in [9.17, 15) is 19.2 Å². The van der Waals surface area contributed by atoms with E-state index in [1.54, 1.807) is 20.8 Å². The maximum atomic E-state index is 13.2. The summed E-state index contributed by atoms with van der Waals surface area (Å²) in [6.07, 6.45) is 0.247. The number of aliphatic imine (C=N–C) groups is 1. The molecule has 1 fully saturated rings. The number of carbonyl (C=O) groups is 3. The minimum Gasteiger partial charge on any atom is -0.430 e. The number of nitrogens with one attached hydrogen (secondary N) is 1. The van der Waals surface area contributed by atoms with E-state index in [0.29, 0.717) is 5.69 Å². The first-order valence-electron chi connectivity index (χ1n) is 10.6. The molecule has 0 spiro atoms. The molecule has 2 amide bonds.